The van der Waals surface area contributed by atoms with E-state index in [1.807, 2.05) is 20.8 Å². The van der Waals surface area contributed by atoms with Crippen molar-refractivity contribution in [1.82, 2.24) is 5.32 Å². The summed E-state index contributed by atoms with van der Waals surface area (Å²) in [6, 6.07) is 0. The first kappa shape index (κ1) is 14.3. The number of rotatable bonds is 3. The molecule has 1 amide bonds. The molecule has 0 aliphatic heterocycles. The monoisotopic (exact) mass is 243 g/mol. The van der Waals surface area contributed by atoms with Crippen LogP contribution in [-0.2, 0) is 0 Å². The number of nitrogens with one attached hydrogen (secondary N) is 1. The molecule has 4 heteroatoms. The molecule has 1 aliphatic rings. The first-order valence-electron chi connectivity index (χ1n) is 6.45. The summed E-state index contributed by atoms with van der Waals surface area (Å²) in [4.78, 5) is 11.0. The van der Waals surface area contributed by atoms with E-state index in [1.54, 1.807) is 0 Å². The Morgan fingerprint density at radius 2 is 1.76 bits per heavy atom. The third-order valence-corrected chi connectivity index (χ3v) is 4.22. The van der Waals surface area contributed by atoms with Gasteiger partial charge in [0.25, 0.3) is 0 Å². The number of aliphatic hydroxyl groups is 1. The molecule has 0 radical (unpaired) electrons. The topological polar surface area (TPSA) is 69.6 Å². The minimum absolute atomic E-state index is 0.131. The summed E-state index contributed by atoms with van der Waals surface area (Å²) in [5.74, 6) is 0.234. The number of hydrogen-bond acceptors (Lipinski definition) is 2. The van der Waals surface area contributed by atoms with Crippen LogP contribution < -0.4 is 5.32 Å². The van der Waals surface area contributed by atoms with Crippen LogP contribution in [0.4, 0.5) is 4.79 Å². The highest BCUT2D eigenvalue weighted by Gasteiger charge is 2.48. The van der Waals surface area contributed by atoms with Crippen LogP contribution in [0.5, 0.6) is 0 Å². The van der Waals surface area contributed by atoms with E-state index in [9.17, 15) is 9.90 Å². The molecule has 3 N–H and O–H groups in total. The van der Waals surface area contributed by atoms with E-state index < -0.39 is 11.6 Å². The molecule has 0 aromatic carbocycles. The summed E-state index contributed by atoms with van der Waals surface area (Å²) in [7, 11) is 0. The van der Waals surface area contributed by atoms with E-state index in [0.717, 1.165) is 25.7 Å². The Morgan fingerprint density at radius 1 is 1.24 bits per heavy atom. The normalized spacial score (nSPS) is 21.9. The molecule has 100 valence electrons. The zero-order valence-corrected chi connectivity index (χ0v) is 11.1. The molecule has 1 fully saturated rings. The van der Waals surface area contributed by atoms with E-state index in [-0.39, 0.29) is 17.9 Å². The van der Waals surface area contributed by atoms with Crippen molar-refractivity contribution < 1.29 is 15.0 Å². The van der Waals surface area contributed by atoms with Crippen LogP contribution in [0.1, 0.15) is 52.9 Å². The largest absolute Gasteiger partial charge is 0.465 e. The van der Waals surface area contributed by atoms with Gasteiger partial charge in [-0.25, -0.2) is 4.79 Å². The minimum atomic E-state index is -1.04. The van der Waals surface area contributed by atoms with Gasteiger partial charge in [-0.3, -0.25) is 0 Å². The van der Waals surface area contributed by atoms with E-state index >= 15 is 0 Å². The Labute approximate surface area is 103 Å². The van der Waals surface area contributed by atoms with Crippen molar-refractivity contribution in [2.75, 3.05) is 6.61 Å². The summed E-state index contributed by atoms with van der Waals surface area (Å²) in [5, 5.41) is 21.5. The van der Waals surface area contributed by atoms with Crippen LogP contribution in [-0.4, -0.2) is 28.5 Å². The second-order valence-electron chi connectivity index (χ2n) is 6.14. The van der Waals surface area contributed by atoms with Crippen LogP contribution in [0.25, 0.3) is 0 Å². The average molecular weight is 243 g/mol. The fourth-order valence-corrected chi connectivity index (χ4v) is 3.09. The number of amides is 1. The molecule has 17 heavy (non-hydrogen) atoms. The fourth-order valence-electron chi connectivity index (χ4n) is 3.09. The molecule has 0 heterocycles. The van der Waals surface area contributed by atoms with Crippen LogP contribution in [0, 0.1) is 11.3 Å². The maximum Gasteiger partial charge on any atom is 0.405 e. The molecule has 0 unspecified atom stereocenters. The molecule has 0 spiro atoms. The first-order chi connectivity index (χ1) is 7.83. The van der Waals surface area contributed by atoms with Crippen molar-refractivity contribution in [2.45, 2.75) is 58.4 Å². The van der Waals surface area contributed by atoms with Gasteiger partial charge in [-0.2, -0.15) is 0 Å². The lowest BCUT2D eigenvalue weighted by Gasteiger charge is -2.50. The Kier molecular flexibility index (Phi) is 4.42. The van der Waals surface area contributed by atoms with Crippen molar-refractivity contribution >= 4 is 6.09 Å². The lowest BCUT2D eigenvalue weighted by Crippen LogP contribution is -2.64. The van der Waals surface area contributed by atoms with Gasteiger partial charge in [0.05, 0.1) is 12.1 Å². The van der Waals surface area contributed by atoms with Gasteiger partial charge in [0.1, 0.15) is 0 Å². The van der Waals surface area contributed by atoms with Crippen molar-refractivity contribution in [3.05, 3.63) is 0 Å². The third kappa shape index (κ3) is 2.92. The predicted octanol–water partition coefficient (Wildman–Crippen LogP) is 2.61. The van der Waals surface area contributed by atoms with Gasteiger partial charge in [-0.15, -0.1) is 0 Å². The molecule has 0 aromatic heterocycles. The molecular weight excluding hydrogens is 218 g/mol. The van der Waals surface area contributed by atoms with E-state index in [4.69, 9.17) is 5.11 Å². The number of hydrogen-bond donors (Lipinski definition) is 3. The Morgan fingerprint density at radius 3 is 2.12 bits per heavy atom. The van der Waals surface area contributed by atoms with Crippen molar-refractivity contribution in [3.8, 4) is 0 Å². The Bertz CT molecular complexity index is 266. The van der Waals surface area contributed by atoms with Gasteiger partial charge in [0.2, 0.25) is 0 Å². The number of aliphatic hydroxyl groups excluding tert-OH is 1. The smallest absolute Gasteiger partial charge is 0.405 e. The molecule has 1 saturated carbocycles. The molecule has 0 bridgehead atoms. The lowest BCUT2D eigenvalue weighted by atomic mass is 9.62. The quantitative estimate of drug-likeness (QED) is 0.713. The van der Waals surface area contributed by atoms with Crippen molar-refractivity contribution in [2.24, 2.45) is 11.3 Å². The second kappa shape index (κ2) is 5.25. The zero-order chi connectivity index (χ0) is 13.1. The van der Waals surface area contributed by atoms with E-state index in [0.29, 0.717) is 0 Å². The van der Waals surface area contributed by atoms with Crippen molar-refractivity contribution in [1.29, 1.82) is 0 Å². The van der Waals surface area contributed by atoms with E-state index in [1.165, 1.54) is 6.42 Å². The summed E-state index contributed by atoms with van der Waals surface area (Å²) >= 11 is 0. The molecule has 0 aromatic rings. The first-order valence-corrected chi connectivity index (χ1v) is 6.45. The Hall–Kier alpha value is -0.770. The van der Waals surface area contributed by atoms with Gasteiger partial charge in [0.15, 0.2) is 0 Å². The molecule has 1 atom stereocenters. The fraction of sp³-hybridized carbons (Fsp3) is 0.923. The zero-order valence-electron chi connectivity index (χ0n) is 11.1. The van der Waals surface area contributed by atoms with Crippen LogP contribution in [0.3, 0.4) is 0 Å². The summed E-state index contributed by atoms with van der Waals surface area (Å²) < 4.78 is 0. The number of carboxylic acid groups (broad SMARTS) is 1. The SMILES string of the molecule is CC(C)(C)[C@](CO)(NC(=O)O)C1CCCCC1. The predicted molar refractivity (Wildman–Crippen MR) is 67.0 cm³/mol. The van der Waals surface area contributed by atoms with Gasteiger partial charge in [0, 0.05) is 0 Å². The average Bonchev–Trinajstić information content (AvgIpc) is 2.25. The van der Waals surface area contributed by atoms with Gasteiger partial charge in [-0.1, -0.05) is 40.0 Å². The summed E-state index contributed by atoms with van der Waals surface area (Å²) in [5.41, 5.74) is -1.01. The molecule has 4 nitrogen and oxygen atoms in total. The molecule has 1 rings (SSSR count). The maximum atomic E-state index is 11.0. The van der Waals surface area contributed by atoms with Crippen molar-refractivity contribution in [3.63, 3.8) is 0 Å². The highest BCUT2D eigenvalue weighted by molar-refractivity contribution is 5.66. The molecule has 1 aliphatic carbocycles. The molecular formula is C13H25NO3. The van der Waals surface area contributed by atoms with Crippen LogP contribution >= 0.6 is 0 Å². The molecule has 0 saturated heterocycles. The van der Waals surface area contributed by atoms with E-state index in [2.05, 4.69) is 5.32 Å². The van der Waals surface area contributed by atoms with Gasteiger partial charge in [-0.05, 0) is 24.2 Å². The minimum Gasteiger partial charge on any atom is -0.465 e. The highest BCUT2D eigenvalue weighted by atomic mass is 16.4. The Balaban J connectivity index is 3.00. The summed E-state index contributed by atoms with van der Waals surface area (Å²) in [6.45, 7) is 5.85. The second-order valence-corrected chi connectivity index (χ2v) is 6.14. The highest BCUT2D eigenvalue weighted by Crippen LogP contribution is 2.43. The number of carbonyl (C=O) groups is 1. The van der Waals surface area contributed by atoms with Crippen LogP contribution in [0.2, 0.25) is 0 Å². The van der Waals surface area contributed by atoms with Crippen LogP contribution in [0.15, 0.2) is 0 Å². The summed E-state index contributed by atoms with van der Waals surface area (Å²) in [6.07, 6.45) is 4.43. The lowest BCUT2D eigenvalue weighted by molar-refractivity contribution is -0.00146. The third-order valence-electron chi connectivity index (χ3n) is 4.22. The standard InChI is InChI=1S/C13H25NO3/c1-12(2,3)13(9-15,14-11(16)17)10-7-5-4-6-8-10/h10,14-15H,4-9H2,1-3H3,(H,16,17)/t13-/m1/s1. The maximum absolute atomic E-state index is 11.0. The van der Waals surface area contributed by atoms with Gasteiger partial charge < -0.3 is 15.5 Å². The van der Waals surface area contributed by atoms with Gasteiger partial charge >= 0.3 is 6.09 Å².